The van der Waals surface area contributed by atoms with Crippen LogP contribution in [0.15, 0.2) is 6.20 Å². The van der Waals surface area contributed by atoms with E-state index in [9.17, 15) is 4.79 Å². The minimum absolute atomic E-state index is 0.342. The Hall–Kier alpha value is -1.32. The van der Waals surface area contributed by atoms with E-state index in [1.807, 2.05) is 27.7 Å². The molecule has 0 N–H and O–H groups in total. The van der Waals surface area contributed by atoms with Gasteiger partial charge in [0.2, 0.25) is 0 Å². The van der Waals surface area contributed by atoms with Gasteiger partial charge in [-0.1, -0.05) is 13.3 Å². The lowest BCUT2D eigenvalue weighted by Crippen LogP contribution is -2.28. The van der Waals surface area contributed by atoms with E-state index < -0.39 is 5.60 Å². The maximum atomic E-state index is 11.9. The van der Waals surface area contributed by atoms with Gasteiger partial charge in [-0.05, 0) is 34.1 Å². The minimum Gasteiger partial charge on any atom is -0.443 e. The SMILES string of the molecule is CCCc1cnc(C)n1C(=O)OC(C)(C)C. The van der Waals surface area contributed by atoms with Crippen molar-refractivity contribution in [3.63, 3.8) is 0 Å². The summed E-state index contributed by atoms with van der Waals surface area (Å²) in [5.74, 6) is 0.678. The van der Waals surface area contributed by atoms with Crippen LogP contribution in [0.4, 0.5) is 4.79 Å². The molecule has 4 heteroatoms. The summed E-state index contributed by atoms with van der Waals surface area (Å²) in [6, 6.07) is 0. The zero-order valence-electron chi connectivity index (χ0n) is 10.7. The maximum Gasteiger partial charge on any atom is 0.420 e. The number of hydrogen-bond acceptors (Lipinski definition) is 3. The summed E-state index contributed by atoms with van der Waals surface area (Å²) in [6.45, 7) is 9.45. The van der Waals surface area contributed by atoms with Crippen molar-refractivity contribution >= 4 is 6.09 Å². The number of carbonyl (C=O) groups is 1. The van der Waals surface area contributed by atoms with Crippen molar-refractivity contribution in [2.75, 3.05) is 0 Å². The molecule has 0 bridgehead atoms. The van der Waals surface area contributed by atoms with Crippen LogP contribution in [0.5, 0.6) is 0 Å². The number of aryl methyl sites for hydroxylation is 2. The third kappa shape index (κ3) is 3.08. The van der Waals surface area contributed by atoms with Crippen LogP contribution >= 0.6 is 0 Å². The van der Waals surface area contributed by atoms with E-state index in [1.165, 1.54) is 0 Å². The molecule has 0 saturated carbocycles. The van der Waals surface area contributed by atoms with E-state index in [0.29, 0.717) is 5.82 Å². The molecular formula is C12H20N2O2. The fourth-order valence-corrected chi connectivity index (χ4v) is 1.48. The van der Waals surface area contributed by atoms with E-state index >= 15 is 0 Å². The number of nitrogens with zero attached hydrogens (tertiary/aromatic N) is 2. The highest BCUT2D eigenvalue weighted by Crippen LogP contribution is 2.13. The van der Waals surface area contributed by atoms with E-state index in [-0.39, 0.29) is 6.09 Å². The second-order valence-corrected chi connectivity index (χ2v) is 4.86. The molecule has 0 saturated heterocycles. The van der Waals surface area contributed by atoms with Crippen molar-refractivity contribution in [3.8, 4) is 0 Å². The summed E-state index contributed by atoms with van der Waals surface area (Å²) < 4.78 is 6.88. The van der Waals surface area contributed by atoms with Crippen LogP contribution in [0.1, 0.15) is 45.6 Å². The number of ether oxygens (including phenoxy) is 1. The second-order valence-electron chi connectivity index (χ2n) is 4.86. The molecule has 1 aromatic rings. The van der Waals surface area contributed by atoms with Gasteiger partial charge in [-0.25, -0.2) is 14.3 Å². The van der Waals surface area contributed by atoms with Crippen molar-refractivity contribution in [2.24, 2.45) is 0 Å². The largest absolute Gasteiger partial charge is 0.443 e. The lowest BCUT2D eigenvalue weighted by atomic mass is 10.2. The molecular weight excluding hydrogens is 204 g/mol. The first-order chi connectivity index (χ1) is 7.35. The van der Waals surface area contributed by atoms with Crippen LogP contribution in [-0.2, 0) is 11.2 Å². The van der Waals surface area contributed by atoms with Crippen LogP contribution < -0.4 is 0 Å². The summed E-state index contributed by atoms with van der Waals surface area (Å²) in [5, 5.41) is 0. The molecule has 0 aliphatic carbocycles. The lowest BCUT2D eigenvalue weighted by Gasteiger charge is -2.20. The highest BCUT2D eigenvalue weighted by atomic mass is 16.6. The third-order valence-electron chi connectivity index (χ3n) is 2.09. The first-order valence-electron chi connectivity index (χ1n) is 5.61. The molecule has 0 aliphatic heterocycles. The van der Waals surface area contributed by atoms with Crippen molar-refractivity contribution in [3.05, 3.63) is 17.7 Å². The van der Waals surface area contributed by atoms with Gasteiger partial charge in [0, 0.05) is 11.9 Å². The van der Waals surface area contributed by atoms with E-state index in [2.05, 4.69) is 11.9 Å². The summed E-state index contributed by atoms with van der Waals surface area (Å²) in [4.78, 5) is 16.1. The van der Waals surface area contributed by atoms with Crippen LogP contribution in [-0.4, -0.2) is 21.2 Å². The lowest BCUT2D eigenvalue weighted by molar-refractivity contribution is 0.0529. The standard InChI is InChI=1S/C12H20N2O2/c1-6-7-10-8-13-9(2)14(10)11(15)16-12(3,4)5/h8H,6-7H2,1-5H3. The molecule has 0 aromatic carbocycles. The molecule has 1 heterocycles. The molecule has 0 spiro atoms. The molecule has 0 unspecified atom stereocenters. The number of imidazole rings is 1. The van der Waals surface area contributed by atoms with E-state index in [4.69, 9.17) is 4.74 Å². The molecule has 1 aromatic heterocycles. The minimum atomic E-state index is -0.475. The Labute approximate surface area is 96.6 Å². The molecule has 90 valence electrons. The predicted molar refractivity (Wildman–Crippen MR) is 62.6 cm³/mol. The summed E-state index contributed by atoms with van der Waals surface area (Å²) in [5.41, 5.74) is 0.436. The predicted octanol–water partition coefficient (Wildman–Crippen LogP) is 2.93. The van der Waals surface area contributed by atoms with Crippen molar-refractivity contribution in [1.29, 1.82) is 0 Å². The Morgan fingerprint density at radius 1 is 1.50 bits per heavy atom. The van der Waals surface area contributed by atoms with Crippen molar-refractivity contribution < 1.29 is 9.53 Å². The molecule has 0 fully saturated rings. The topological polar surface area (TPSA) is 44.1 Å². The Bertz CT molecular complexity index is 375. The van der Waals surface area contributed by atoms with Gasteiger partial charge in [-0.15, -0.1) is 0 Å². The van der Waals surface area contributed by atoms with Gasteiger partial charge in [0.1, 0.15) is 11.4 Å². The fraction of sp³-hybridized carbons (Fsp3) is 0.667. The second kappa shape index (κ2) is 4.68. The number of rotatable bonds is 2. The monoisotopic (exact) mass is 224 g/mol. The van der Waals surface area contributed by atoms with Gasteiger partial charge in [0.15, 0.2) is 0 Å². The van der Waals surface area contributed by atoms with Crippen LogP contribution in [0.2, 0.25) is 0 Å². The quantitative estimate of drug-likeness (QED) is 0.775. The fourth-order valence-electron chi connectivity index (χ4n) is 1.48. The van der Waals surface area contributed by atoms with Gasteiger partial charge in [-0.2, -0.15) is 0 Å². The Balaban J connectivity index is 2.93. The third-order valence-corrected chi connectivity index (χ3v) is 2.09. The first-order valence-corrected chi connectivity index (χ1v) is 5.61. The summed E-state index contributed by atoms with van der Waals surface area (Å²) in [6.07, 6.45) is 3.21. The van der Waals surface area contributed by atoms with Crippen LogP contribution in [0.25, 0.3) is 0 Å². The Kier molecular flexibility index (Phi) is 3.73. The van der Waals surface area contributed by atoms with E-state index in [0.717, 1.165) is 18.5 Å². The zero-order chi connectivity index (χ0) is 12.3. The Morgan fingerprint density at radius 2 is 2.12 bits per heavy atom. The number of aromatic nitrogens is 2. The smallest absolute Gasteiger partial charge is 0.420 e. The normalized spacial score (nSPS) is 11.6. The van der Waals surface area contributed by atoms with Gasteiger partial charge >= 0.3 is 6.09 Å². The first kappa shape index (κ1) is 12.7. The van der Waals surface area contributed by atoms with Gasteiger partial charge < -0.3 is 4.74 Å². The maximum absolute atomic E-state index is 11.9. The molecule has 0 aliphatic rings. The molecule has 0 atom stereocenters. The molecule has 0 amide bonds. The van der Waals surface area contributed by atoms with Gasteiger partial charge in [0.25, 0.3) is 0 Å². The highest BCUT2D eigenvalue weighted by molar-refractivity contribution is 5.72. The summed E-state index contributed by atoms with van der Waals surface area (Å²) in [7, 11) is 0. The number of hydrogen-bond donors (Lipinski definition) is 0. The van der Waals surface area contributed by atoms with Crippen molar-refractivity contribution in [2.45, 2.75) is 53.1 Å². The molecule has 1 rings (SSSR count). The number of carbonyl (C=O) groups excluding carboxylic acids is 1. The van der Waals surface area contributed by atoms with Crippen LogP contribution in [0, 0.1) is 6.92 Å². The van der Waals surface area contributed by atoms with Crippen LogP contribution in [0.3, 0.4) is 0 Å². The van der Waals surface area contributed by atoms with Gasteiger partial charge in [-0.3, -0.25) is 0 Å². The zero-order valence-corrected chi connectivity index (χ0v) is 10.7. The average Bonchev–Trinajstić information content (AvgIpc) is 2.44. The molecule has 0 radical (unpaired) electrons. The highest BCUT2D eigenvalue weighted by Gasteiger charge is 2.21. The average molecular weight is 224 g/mol. The van der Waals surface area contributed by atoms with Gasteiger partial charge in [0.05, 0.1) is 0 Å². The van der Waals surface area contributed by atoms with Crippen molar-refractivity contribution in [1.82, 2.24) is 9.55 Å². The molecule has 16 heavy (non-hydrogen) atoms. The van der Waals surface area contributed by atoms with E-state index in [1.54, 1.807) is 10.8 Å². The molecule has 4 nitrogen and oxygen atoms in total. The summed E-state index contributed by atoms with van der Waals surface area (Å²) >= 11 is 0. The Morgan fingerprint density at radius 3 is 2.62 bits per heavy atom.